The van der Waals surface area contributed by atoms with Gasteiger partial charge in [0.2, 0.25) is 0 Å². The fourth-order valence-corrected chi connectivity index (χ4v) is 4.55. The highest BCUT2D eigenvalue weighted by Gasteiger charge is 2.28. The number of hydrogen-bond acceptors (Lipinski definition) is 6. The molecule has 0 spiro atoms. The maximum absolute atomic E-state index is 12.7. The predicted octanol–water partition coefficient (Wildman–Crippen LogP) is 4.10. The Bertz CT molecular complexity index is 1150. The van der Waals surface area contributed by atoms with Crippen molar-refractivity contribution >= 4 is 28.9 Å². The van der Waals surface area contributed by atoms with E-state index in [4.69, 9.17) is 9.15 Å². The number of para-hydroxylation sites is 1. The number of carbonyl (C=O) groups excluding carboxylic acids is 2. The molecule has 3 aromatic rings. The van der Waals surface area contributed by atoms with E-state index in [1.807, 2.05) is 18.4 Å². The average molecular weight is 452 g/mol. The molecule has 1 aliphatic rings. The number of hydrazone groups is 1. The summed E-state index contributed by atoms with van der Waals surface area (Å²) >= 11 is 1.67. The lowest BCUT2D eigenvalue weighted by Gasteiger charge is -2.14. The first-order valence-electron chi connectivity index (χ1n) is 10.5. The summed E-state index contributed by atoms with van der Waals surface area (Å²) in [7, 11) is 1.52. The second kappa shape index (κ2) is 9.82. The minimum Gasteiger partial charge on any atom is -0.496 e. The Kier molecular flexibility index (Phi) is 6.70. The van der Waals surface area contributed by atoms with Gasteiger partial charge in [-0.2, -0.15) is 5.10 Å². The number of amides is 2. The number of benzene rings is 1. The van der Waals surface area contributed by atoms with E-state index in [1.165, 1.54) is 12.0 Å². The number of hydrogen-bond donors (Lipinski definition) is 2. The summed E-state index contributed by atoms with van der Waals surface area (Å²) in [5.74, 6) is 0.949. The lowest BCUT2D eigenvalue weighted by Crippen LogP contribution is -2.26. The van der Waals surface area contributed by atoms with Crippen molar-refractivity contribution < 1.29 is 18.7 Å². The number of furan rings is 1. The molecule has 32 heavy (non-hydrogen) atoms. The third-order valence-electron chi connectivity index (χ3n) is 5.41. The topological polar surface area (TPSA) is 92.9 Å². The van der Waals surface area contributed by atoms with Crippen molar-refractivity contribution in [3.8, 4) is 5.75 Å². The highest BCUT2D eigenvalue weighted by molar-refractivity contribution is 7.09. The molecule has 2 N–H and O–H groups in total. The van der Waals surface area contributed by atoms with Crippen molar-refractivity contribution in [2.24, 2.45) is 5.10 Å². The van der Waals surface area contributed by atoms with Crippen LogP contribution in [0.4, 0.5) is 0 Å². The van der Waals surface area contributed by atoms with Gasteiger partial charge in [-0.1, -0.05) is 18.2 Å². The number of methoxy groups -OCH3 is 1. The molecular weight excluding hydrogens is 426 g/mol. The Morgan fingerprint density at radius 2 is 2.00 bits per heavy atom. The third kappa shape index (κ3) is 4.60. The quantitative estimate of drug-likeness (QED) is 0.529. The summed E-state index contributed by atoms with van der Waals surface area (Å²) in [4.78, 5) is 26.5. The van der Waals surface area contributed by atoms with Crippen molar-refractivity contribution in [3.63, 3.8) is 0 Å². The van der Waals surface area contributed by atoms with Crippen LogP contribution in [-0.2, 0) is 12.8 Å². The molecule has 7 nitrogen and oxygen atoms in total. The van der Waals surface area contributed by atoms with E-state index < -0.39 is 0 Å². The Morgan fingerprint density at radius 1 is 1.16 bits per heavy atom. The van der Waals surface area contributed by atoms with Gasteiger partial charge >= 0.3 is 0 Å². The van der Waals surface area contributed by atoms with Gasteiger partial charge in [0.05, 0.1) is 18.4 Å². The van der Waals surface area contributed by atoms with E-state index in [-0.39, 0.29) is 11.8 Å². The van der Waals surface area contributed by atoms with Crippen molar-refractivity contribution in [2.45, 2.75) is 32.6 Å². The molecule has 1 aliphatic carbocycles. The highest BCUT2D eigenvalue weighted by Crippen LogP contribution is 2.30. The number of aryl methyl sites for hydroxylation is 1. The van der Waals surface area contributed by atoms with Crippen LogP contribution in [0.25, 0.3) is 0 Å². The number of ether oxygens (including phenoxy) is 1. The molecule has 8 heteroatoms. The summed E-state index contributed by atoms with van der Waals surface area (Å²) in [5, 5.41) is 9.34. The van der Waals surface area contributed by atoms with Gasteiger partial charge in [-0.15, -0.1) is 11.3 Å². The molecular formula is C24H25N3O4S. The van der Waals surface area contributed by atoms with Gasteiger partial charge in [-0.3, -0.25) is 9.59 Å². The van der Waals surface area contributed by atoms with Gasteiger partial charge in [0, 0.05) is 29.0 Å². The van der Waals surface area contributed by atoms with Crippen molar-refractivity contribution in [1.82, 2.24) is 10.7 Å². The first kappa shape index (κ1) is 21.8. The zero-order valence-corrected chi connectivity index (χ0v) is 18.9. The van der Waals surface area contributed by atoms with Crippen LogP contribution in [0.3, 0.4) is 0 Å². The highest BCUT2D eigenvalue weighted by atomic mass is 32.1. The standard InChI is InChI=1S/C24H25N3O4S/c1-15-21-18(26-27-23(28)17-8-3-4-10-19(17)30-2)9-5-11-20(21)31-22(15)24(29)25-13-12-16-7-6-14-32-16/h3-4,6-8,10,14H,5,9,11-13H2,1-2H3,(H,25,29)(H,27,28)/b26-18+. The van der Waals surface area contributed by atoms with Crippen LogP contribution in [0.1, 0.15) is 55.5 Å². The Hall–Kier alpha value is -3.39. The lowest BCUT2D eigenvalue weighted by molar-refractivity contribution is 0.0922. The molecule has 0 unspecified atom stereocenters. The maximum atomic E-state index is 12.7. The first-order chi connectivity index (χ1) is 15.6. The molecule has 0 radical (unpaired) electrons. The number of nitrogens with one attached hydrogen (secondary N) is 2. The normalized spacial score (nSPS) is 14.1. The molecule has 2 heterocycles. The number of thiophene rings is 1. The molecule has 0 saturated heterocycles. The summed E-state index contributed by atoms with van der Waals surface area (Å²) in [6.45, 7) is 2.40. The van der Waals surface area contributed by atoms with Crippen molar-refractivity contribution in [1.29, 1.82) is 0 Å². The molecule has 0 bridgehead atoms. The minimum absolute atomic E-state index is 0.231. The van der Waals surface area contributed by atoms with Crippen molar-refractivity contribution in [2.75, 3.05) is 13.7 Å². The lowest BCUT2D eigenvalue weighted by atomic mass is 9.93. The number of rotatable bonds is 7. The molecule has 0 aliphatic heterocycles. The molecule has 166 valence electrons. The molecule has 2 amide bonds. The van der Waals surface area contributed by atoms with E-state index in [9.17, 15) is 9.59 Å². The summed E-state index contributed by atoms with van der Waals surface area (Å²) in [5.41, 5.74) is 5.32. The monoisotopic (exact) mass is 451 g/mol. The van der Waals surface area contributed by atoms with E-state index in [0.29, 0.717) is 35.8 Å². The summed E-state index contributed by atoms with van der Waals surface area (Å²) < 4.78 is 11.2. The molecule has 0 fully saturated rings. The van der Waals surface area contributed by atoms with Crippen LogP contribution in [0.5, 0.6) is 5.75 Å². The van der Waals surface area contributed by atoms with E-state index in [2.05, 4.69) is 21.9 Å². The number of carbonyl (C=O) groups is 2. The van der Waals surface area contributed by atoms with Crippen LogP contribution < -0.4 is 15.5 Å². The van der Waals surface area contributed by atoms with Gasteiger partial charge in [0.15, 0.2) is 5.76 Å². The van der Waals surface area contributed by atoms with Gasteiger partial charge in [0.25, 0.3) is 11.8 Å². The number of fused-ring (bicyclic) bond motifs is 1. The van der Waals surface area contributed by atoms with E-state index >= 15 is 0 Å². The molecule has 0 atom stereocenters. The Labute approximate surface area is 190 Å². The molecule has 4 rings (SSSR count). The zero-order chi connectivity index (χ0) is 22.5. The SMILES string of the molecule is COc1ccccc1C(=O)N/N=C1\CCCc2oc(C(=O)NCCc3cccs3)c(C)c21. The predicted molar refractivity (Wildman–Crippen MR) is 124 cm³/mol. The third-order valence-corrected chi connectivity index (χ3v) is 6.35. The van der Waals surface area contributed by atoms with E-state index in [1.54, 1.807) is 35.6 Å². The van der Waals surface area contributed by atoms with Crippen LogP contribution >= 0.6 is 11.3 Å². The summed E-state index contributed by atoms with van der Waals surface area (Å²) in [6, 6.07) is 11.0. The maximum Gasteiger partial charge on any atom is 0.287 e. The van der Waals surface area contributed by atoms with Gasteiger partial charge in [-0.25, -0.2) is 5.43 Å². The molecule has 1 aromatic carbocycles. The first-order valence-corrected chi connectivity index (χ1v) is 11.4. The van der Waals surface area contributed by atoms with Gasteiger partial charge in [-0.05, 0) is 49.8 Å². The Balaban J connectivity index is 1.48. The molecule has 0 saturated carbocycles. The average Bonchev–Trinajstić information content (AvgIpc) is 3.45. The van der Waals surface area contributed by atoms with Gasteiger partial charge < -0.3 is 14.5 Å². The van der Waals surface area contributed by atoms with Gasteiger partial charge in [0.1, 0.15) is 11.5 Å². The fraction of sp³-hybridized carbons (Fsp3) is 0.292. The Morgan fingerprint density at radius 3 is 2.78 bits per heavy atom. The fourth-order valence-electron chi connectivity index (χ4n) is 3.84. The second-order valence-electron chi connectivity index (χ2n) is 7.49. The van der Waals surface area contributed by atoms with Crippen LogP contribution in [-0.4, -0.2) is 31.2 Å². The van der Waals surface area contributed by atoms with Crippen LogP contribution in [0, 0.1) is 6.92 Å². The second-order valence-corrected chi connectivity index (χ2v) is 8.53. The van der Waals surface area contributed by atoms with Crippen molar-refractivity contribution in [3.05, 3.63) is 74.9 Å². The summed E-state index contributed by atoms with van der Waals surface area (Å²) in [6.07, 6.45) is 3.05. The zero-order valence-electron chi connectivity index (χ0n) is 18.1. The van der Waals surface area contributed by atoms with Crippen LogP contribution in [0.15, 0.2) is 51.3 Å². The number of nitrogens with zero attached hydrogens (tertiary/aromatic N) is 1. The van der Waals surface area contributed by atoms with E-state index in [0.717, 1.165) is 36.1 Å². The minimum atomic E-state index is -0.352. The molecule has 2 aromatic heterocycles. The van der Waals surface area contributed by atoms with Crippen LogP contribution in [0.2, 0.25) is 0 Å². The largest absolute Gasteiger partial charge is 0.496 e. The smallest absolute Gasteiger partial charge is 0.287 e.